The molecule has 1 aromatic heterocycles. The smallest absolute Gasteiger partial charge is 0.308 e. The van der Waals surface area contributed by atoms with Crippen LogP contribution in [0.15, 0.2) is 115 Å². The predicted octanol–water partition coefficient (Wildman–Crippen LogP) is 3.03. The number of halogens is 1. The molecule has 0 fully saturated rings. The van der Waals surface area contributed by atoms with Gasteiger partial charge in [-0.3, -0.25) is 4.79 Å². The molecule has 170 valence electrons. The van der Waals surface area contributed by atoms with Crippen LogP contribution in [0.3, 0.4) is 0 Å². The Morgan fingerprint density at radius 2 is 1.21 bits per heavy atom. The van der Waals surface area contributed by atoms with Crippen LogP contribution in [-0.2, 0) is 17.4 Å². The number of rotatable bonds is 7. The second kappa shape index (κ2) is 10.7. The Morgan fingerprint density at radius 3 is 1.68 bits per heavy atom. The molecule has 0 amide bonds. The average Bonchev–Trinajstić information content (AvgIpc) is 3.27. The summed E-state index contributed by atoms with van der Waals surface area (Å²) >= 11 is 1.58. The molecule has 0 unspecified atom stereocenters. The third-order valence-corrected chi connectivity index (χ3v) is 11.5. The molecule has 5 aromatic rings. The van der Waals surface area contributed by atoms with E-state index < -0.39 is 13.2 Å². The zero-order chi connectivity index (χ0) is 22.7. The molecule has 0 aliphatic heterocycles. The number of carboxylic acid groups (broad SMARTS) is 1. The van der Waals surface area contributed by atoms with Gasteiger partial charge in [-0.1, -0.05) is 66.7 Å². The quantitative estimate of drug-likeness (QED) is 0.319. The van der Waals surface area contributed by atoms with Crippen molar-refractivity contribution in [3.05, 3.63) is 126 Å². The van der Waals surface area contributed by atoms with E-state index in [1.807, 2.05) is 0 Å². The molecule has 0 aliphatic rings. The van der Waals surface area contributed by atoms with E-state index in [0.29, 0.717) is 0 Å². The van der Waals surface area contributed by atoms with Gasteiger partial charge in [0.05, 0.1) is 12.6 Å². The maximum absolute atomic E-state index is 11.3. The monoisotopic (exact) mass is 546 g/mol. The van der Waals surface area contributed by atoms with Crippen LogP contribution in [0.25, 0.3) is 10.1 Å². The highest BCUT2D eigenvalue weighted by molar-refractivity contribution is 7.95. The topological polar surface area (TPSA) is 37.3 Å². The first kappa shape index (κ1) is 24.3. The van der Waals surface area contributed by atoms with Gasteiger partial charge in [0, 0.05) is 9.58 Å². The Labute approximate surface area is 215 Å². The first-order chi connectivity index (χ1) is 16.2. The van der Waals surface area contributed by atoms with Crippen LogP contribution >= 0.6 is 18.6 Å². The first-order valence-electron chi connectivity index (χ1n) is 10.9. The highest BCUT2D eigenvalue weighted by Gasteiger charge is 2.45. The minimum absolute atomic E-state index is 0. The third kappa shape index (κ3) is 4.72. The maximum Gasteiger partial charge on any atom is 0.308 e. The summed E-state index contributed by atoms with van der Waals surface area (Å²) < 4.78 is 1.15. The maximum atomic E-state index is 11.3. The van der Waals surface area contributed by atoms with E-state index in [-0.39, 0.29) is 23.4 Å². The second-order valence-corrected chi connectivity index (χ2v) is 12.7. The van der Waals surface area contributed by atoms with E-state index in [0.717, 1.165) is 15.7 Å². The van der Waals surface area contributed by atoms with Crippen LogP contribution in [-0.4, -0.2) is 11.1 Å². The molecule has 34 heavy (non-hydrogen) atoms. The first-order valence-corrected chi connectivity index (χ1v) is 13.7. The SMILES string of the molecule is O=C(O)Cc1cc2c(C[P+](c3ccccc3)(c3ccccc3)c3ccccc3)cccc2s1.[Br-]. The molecule has 0 saturated heterocycles. The molecule has 5 rings (SSSR count). The van der Waals surface area contributed by atoms with E-state index in [2.05, 4.69) is 115 Å². The molecule has 2 nitrogen and oxygen atoms in total. The molecule has 0 aliphatic carbocycles. The fraction of sp³-hybridized carbons (Fsp3) is 0.0690. The van der Waals surface area contributed by atoms with Crippen molar-refractivity contribution >= 4 is 50.6 Å². The summed E-state index contributed by atoms with van der Waals surface area (Å²) in [7, 11) is -2.01. The molecular formula is C29H24BrO2PS. The van der Waals surface area contributed by atoms with E-state index >= 15 is 0 Å². The summed E-state index contributed by atoms with van der Waals surface area (Å²) in [6, 6.07) is 41.1. The fourth-order valence-corrected chi connectivity index (χ4v) is 9.95. The van der Waals surface area contributed by atoms with Crippen molar-refractivity contribution in [1.29, 1.82) is 0 Å². The lowest BCUT2D eigenvalue weighted by Gasteiger charge is -2.28. The van der Waals surface area contributed by atoms with Crippen LogP contribution in [0.4, 0.5) is 0 Å². The molecule has 0 atom stereocenters. The number of benzene rings is 4. The molecular weight excluding hydrogens is 523 g/mol. The molecule has 0 spiro atoms. The molecule has 0 saturated carbocycles. The average molecular weight is 547 g/mol. The number of carbonyl (C=O) groups is 1. The fourth-order valence-electron chi connectivity index (χ4n) is 4.57. The molecule has 5 heteroatoms. The number of aliphatic carboxylic acids is 1. The van der Waals surface area contributed by atoms with Gasteiger partial charge in [-0.2, -0.15) is 0 Å². The Balaban J connectivity index is 0.00000274. The van der Waals surface area contributed by atoms with Crippen molar-refractivity contribution < 1.29 is 26.9 Å². The summed E-state index contributed by atoms with van der Waals surface area (Å²) in [5.74, 6) is -0.789. The number of thiophene rings is 1. The van der Waals surface area contributed by atoms with E-state index in [9.17, 15) is 9.90 Å². The van der Waals surface area contributed by atoms with Crippen LogP contribution in [0.5, 0.6) is 0 Å². The third-order valence-electron chi connectivity index (χ3n) is 6.03. The summed E-state index contributed by atoms with van der Waals surface area (Å²) in [5, 5.41) is 14.5. The molecule has 1 heterocycles. The zero-order valence-corrected chi connectivity index (χ0v) is 21.8. The lowest BCUT2D eigenvalue weighted by atomic mass is 10.1. The van der Waals surface area contributed by atoms with E-state index in [1.165, 1.54) is 26.9 Å². The second-order valence-electron chi connectivity index (χ2n) is 8.09. The van der Waals surface area contributed by atoms with Gasteiger partial charge < -0.3 is 22.1 Å². The van der Waals surface area contributed by atoms with Crippen LogP contribution < -0.4 is 32.9 Å². The minimum Gasteiger partial charge on any atom is -1.00 e. The number of carboxylic acids is 1. The van der Waals surface area contributed by atoms with Gasteiger partial charge in [-0.15, -0.1) is 11.3 Å². The predicted molar refractivity (Wildman–Crippen MR) is 142 cm³/mol. The van der Waals surface area contributed by atoms with E-state index in [1.54, 1.807) is 11.3 Å². The van der Waals surface area contributed by atoms with Gasteiger partial charge in [0.2, 0.25) is 0 Å². The van der Waals surface area contributed by atoms with Gasteiger partial charge in [0.15, 0.2) is 0 Å². The van der Waals surface area contributed by atoms with Gasteiger partial charge in [0.25, 0.3) is 0 Å². The Bertz CT molecular complexity index is 1290. The van der Waals surface area contributed by atoms with Gasteiger partial charge >= 0.3 is 5.97 Å². The normalized spacial score (nSPS) is 11.2. The standard InChI is InChI=1S/C29H23O2PS.BrH/c30-29(31)20-26-19-27-22(11-10-18-28(27)33-26)21-32(23-12-4-1-5-13-23,24-14-6-2-7-15-24)25-16-8-3-9-17-25;/h1-19H,20-21H2;1H. The Hall–Kier alpha value is -2.78. The lowest BCUT2D eigenvalue weighted by Crippen LogP contribution is -3.00. The zero-order valence-electron chi connectivity index (χ0n) is 18.5. The number of fused-ring (bicyclic) bond motifs is 1. The lowest BCUT2D eigenvalue weighted by molar-refractivity contribution is -0.136. The van der Waals surface area contributed by atoms with Gasteiger partial charge in [-0.05, 0) is 59.5 Å². The summed E-state index contributed by atoms with van der Waals surface area (Å²) in [5.41, 5.74) is 1.27. The Kier molecular flexibility index (Phi) is 7.63. The van der Waals surface area contributed by atoms with Crippen molar-refractivity contribution in [1.82, 2.24) is 0 Å². The number of hydrogen-bond acceptors (Lipinski definition) is 2. The molecule has 1 N–H and O–H groups in total. The Morgan fingerprint density at radius 1 is 0.706 bits per heavy atom. The largest absolute Gasteiger partial charge is 1.00 e. The van der Waals surface area contributed by atoms with E-state index in [4.69, 9.17) is 0 Å². The van der Waals surface area contributed by atoms with Gasteiger partial charge in [0.1, 0.15) is 23.2 Å². The van der Waals surface area contributed by atoms with Gasteiger partial charge in [-0.25, -0.2) is 0 Å². The van der Waals surface area contributed by atoms with Crippen molar-refractivity contribution in [2.24, 2.45) is 0 Å². The summed E-state index contributed by atoms with van der Waals surface area (Å²) in [4.78, 5) is 12.2. The van der Waals surface area contributed by atoms with Crippen molar-refractivity contribution in [3.63, 3.8) is 0 Å². The molecule has 0 bridgehead atoms. The minimum atomic E-state index is -2.01. The summed E-state index contributed by atoms with van der Waals surface area (Å²) in [6.07, 6.45) is 0.945. The van der Waals surface area contributed by atoms with Crippen LogP contribution in [0.2, 0.25) is 0 Å². The van der Waals surface area contributed by atoms with Crippen molar-refractivity contribution in [3.8, 4) is 0 Å². The van der Waals surface area contributed by atoms with Crippen LogP contribution in [0, 0.1) is 0 Å². The van der Waals surface area contributed by atoms with Crippen molar-refractivity contribution in [2.45, 2.75) is 12.6 Å². The highest BCUT2D eigenvalue weighted by atomic mass is 79.9. The van der Waals surface area contributed by atoms with Crippen LogP contribution in [0.1, 0.15) is 10.4 Å². The molecule has 4 aromatic carbocycles. The summed E-state index contributed by atoms with van der Waals surface area (Å²) in [6.45, 7) is 0. The number of hydrogen-bond donors (Lipinski definition) is 1. The highest BCUT2D eigenvalue weighted by Crippen LogP contribution is 2.58. The van der Waals surface area contributed by atoms with Crippen molar-refractivity contribution in [2.75, 3.05) is 0 Å². The molecule has 0 radical (unpaired) electrons.